The zero-order chi connectivity index (χ0) is 10.1. The van der Waals surface area contributed by atoms with Crippen LogP contribution in [-0.4, -0.2) is 5.11 Å². The van der Waals surface area contributed by atoms with E-state index in [1.165, 1.54) is 5.56 Å². The van der Waals surface area contributed by atoms with Crippen LogP contribution in [0.3, 0.4) is 0 Å². The molecule has 1 aromatic rings. The molecule has 0 saturated carbocycles. The molecule has 3 N–H and O–H groups in total. The van der Waals surface area contributed by atoms with Crippen molar-refractivity contribution in [2.45, 2.75) is 31.9 Å². The Hall–Kier alpha value is -0.570. The third kappa shape index (κ3) is 1.65. The summed E-state index contributed by atoms with van der Waals surface area (Å²) in [5.74, 6) is 0. The second kappa shape index (κ2) is 3.89. The minimum Gasteiger partial charge on any atom is -0.392 e. The Morgan fingerprint density at radius 2 is 2.29 bits per heavy atom. The highest BCUT2D eigenvalue weighted by molar-refractivity contribution is 6.30. The van der Waals surface area contributed by atoms with Crippen LogP contribution < -0.4 is 5.73 Å². The molecular formula is C11H14ClNO. The van der Waals surface area contributed by atoms with Crippen LogP contribution in [0.15, 0.2) is 12.1 Å². The van der Waals surface area contributed by atoms with Crippen molar-refractivity contribution in [3.63, 3.8) is 0 Å². The molecular weight excluding hydrogens is 198 g/mol. The number of aliphatic hydroxyl groups is 1. The van der Waals surface area contributed by atoms with Crippen LogP contribution >= 0.6 is 11.6 Å². The van der Waals surface area contributed by atoms with Gasteiger partial charge in [-0.15, -0.1) is 0 Å². The summed E-state index contributed by atoms with van der Waals surface area (Å²) in [5.41, 5.74) is 9.25. The molecule has 0 aliphatic heterocycles. The van der Waals surface area contributed by atoms with Crippen LogP contribution in [-0.2, 0) is 13.0 Å². The number of nitrogens with two attached hydrogens (primary N) is 1. The lowest BCUT2D eigenvalue weighted by atomic mass is 9.85. The Bertz CT molecular complexity index is 351. The summed E-state index contributed by atoms with van der Waals surface area (Å²) >= 11 is 5.96. The highest BCUT2D eigenvalue weighted by Crippen LogP contribution is 2.32. The lowest BCUT2D eigenvalue weighted by Crippen LogP contribution is -2.18. The Labute approximate surface area is 88.7 Å². The largest absolute Gasteiger partial charge is 0.392 e. The quantitative estimate of drug-likeness (QED) is 0.748. The van der Waals surface area contributed by atoms with E-state index in [0.29, 0.717) is 5.02 Å². The van der Waals surface area contributed by atoms with Crippen LogP contribution in [0.5, 0.6) is 0 Å². The van der Waals surface area contributed by atoms with Gasteiger partial charge in [-0.1, -0.05) is 11.6 Å². The second-order valence-electron chi connectivity index (χ2n) is 3.79. The van der Waals surface area contributed by atoms with Gasteiger partial charge in [-0.2, -0.15) is 0 Å². The Morgan fingerprint density at radius 3 is 3.00 bits per heavy atom. The minimum atomic E-state index is 0.0512. The fraction of sp³-hybridized carbons (Fsp3) is 0.455. The third-order valence-corrected chi connectivity index (χ3v) is 3.07. The van der Waals surface area contributed by atoms with Crippen molar-refractivity contribution in [2.75, 3.05) is 0 Å². The van der Waals surface area contributed by atoms with Crippen molar-refractivity contribution in [2.24, 2.45) is 5.73 Å². The number of hydrogen-bond acceptors (Lipinski definition) is 2. The maximum Gasteiger partial charge on any atom is 0.0685 e. The molecule has 2 nitrogen and oxygen atoms in total. The summed E-state index contributed by atoms with van der Waals surface area (Å²) in [7, 11) is 0. The summed E-state index contributed by atoms with van der Waals surface area (Å²) < 4.78 is 0. The molecule has 0 bridgehead atoms. The molecule has 0 spiro atoms. The molecule has 1 unspecified atom stereocenters. The highest BCUT2D eigenvalue weighted by Gasteiger charge is 2.19. The van der Waals surface area contributed by atoms with Gasteiger partial charge in [-0.25, -0.2) is 0 Å². The van der Waals surface area contributed by atoms with Gasteiger partial charge in [-0.05, 0) is 48.1 Å². The lowest BCUT2D eigenvalue weighted by Gasteiger charge is -2.24. The maximum absolute atomic E-state index is 9.20. The highest BCUT2D eigenvalue weighted by atomic mass is 35.5. The lowest BCUT2D eigenvalue weighted by molar-refractivity contribution is 0.279. The van der Waals surface area contributed by atoms with Crippen molar-refractivity contribution in [3.8, 4) is 0 Å². The van der Waals surface area contributed by atoms with Gasteiger partial charge in [0, 0.05) is 11.1 Å². The number of benzene rings is 1. The van der Waals surface area contributed by atoms with Crippen molar-refractivity contribution in [1.29, 1.82) is 0 Å². The van der Waals surface area contributed by atoms with Gasteiger partial charge < -0.3 is 10.8 Å². The van der Waals surface area contributed by atoms with Crippen LogP contribution in [0.2, 0.25) is 5.02 Å². The summed E-state index contributed by atoms with van der Waals surface area (Å²) in [6.07, 6.45) is 3.12. The standard InChI is InChI=1S/C11H14ClNO/c12-8-4-7(6-14)9-2-1-3-11(13)10(9)5-8/h4-5,11,14H,1-3,6,13H2. The van der Waals surface area contributed by atoms with E-state index in [9.17, 15) is 5.11 Å². The van der Waals surface area contributed by atoms with Crippen LogP contribution in [0.25, 0.3) is 0 Å². The molecule has 0 saturated heterocycles. The molecule has 76 valence electrons. The predicted octanol–water partition coefficient (Wildman–Crippen LogP) is 2.17. The number of rotatable bonds is 1. The zero-order valence-electron chi connectivity index (χ0n) is 7.96. The Kier molecular flexibility index (Phi) is 2.77. The maximum atomic E-state index is 9.20. The molecule has 0 amide bonds. The zero-order valence-corrected chi connectivity index (χ0v) is 8.72. The number of hydrogen-bond donors (Lipinski definition) is 2. The van der Waals surface area contributed by atoms with Gasteiger partial charge >= 0.3 is 0 Å². The van der Waals surface area contributed by atoms with Gasteiger partial charge in [-0.3, -0.25) is 0 Å². The van der Waals surface area contributed by atoms with E-state index in [0.717, 1.165) is 30.4 Å². The molecule has 0 fully saturated rings. The number of halogens is 1. The van der Waals surface area contributed by atoms with Crippen molar-refractivity contribution >= 4 is 11.6 Å². The average molecular weight is 212 g/mol. The third-order valence-electron chi connectivity index (χ3n) is 2.85. The molecule has 1 aliphatic carbocycles. The van der Waals surface area contributed by atoms with E-state index in [1.807, 2.05) is 12.1 Å². The first-order chi connectivity index (χ1) is 6.72. The van der Waals surface area contributed by atoms with Gasteiger partial charge in [0.1, 0.15) is 0 Å². The molecule has 0 radical (unpaired) electrons. The summed E-state index contributed by atoms with van der Waals surface area (Å²) in [5, 5.41) is 9.88. The number of aliphatic hydroxyl groups excluding tert-OH is 1. The monoisotopic (exact) mass is 211 g/mol. The fourth-order valence-electron chi connectivity index (χ4n) is 2.15. The first kappa shape index (κ1) is 9.97. The smallest absolute Gasteiger partial charge is 0.0685 e. The van der Waals surface area contributed by atoms with Crippen molar-refractivity contribution < 1.29 is 5.11 Å². The minimum absolute atomic E-state index is 0.0512. The topological polar surface area (TPSA) is 46.2 Å². The number of fused-ring (bicyclic) bond motifs is 1. The molecule has 0 heterocycles. The molecule has 2 rings (SSSR count). The normalized spacial score (nSPS) is 20.6. The Morgan fingerprint density at radius 1 is 1.50 bits per heavy atom. The SMILES string of the molecule is NC1CCCc2c(CO)cc(Cl)cc21. The first-order valence-corrected chi connectivity index (χ1v) is 5.28. The van der Waals surface area contributed by atoms with Crippen molar-refractivity contribution in [1.82, 2.24) is 0 Å². The predicted molar refractivity (Wildman–Crippen MR) is 57.2 cm³/mol. The Balaban J connectivity index is 2.54. The average Bonchev–Trinajstić information content (AvgIpc) is 2.18. The van der Waals surface area contributed by atoms with Gasteiger partial charge in [0.05, 0.1) is 6.61 Å². The molecule has 1 aliphatic rings. The fourth-order valence-corrected chi connectivity index (χ4v) is 2.40. The second-order valence-corrected chi connectivity index (χ2v) is 4.23. The summed E-state index contributed by atoms with van der Waals surface area (Å²) in [4.78, 5) is 0. The molecule has 0 aromatic heterocycles. The molecule has 1 atom stereocenters. The summed E-state index contributed by atoms with van der Waals surface area (Å²) in [6.45, 7) is 0.0512. The summed E-state index contributed by atoms with van der Waals surface area (Å²) in [6, 6.07) is 3.85. The molecule has 3 heteroatoms. The van der Waals surface area contributed by atoms with E-state index < -0.39 is 0 Å². The van der Waals surface area contributed by atoms with Gasteiger partial charge in [0.25, 0.3) is 0 Å². The van der Waals surface area contributed by atoms with E-state index >= 15 is 0 Å². The van der Waals surface area contributed by atoms with Crippen LogP contribution in [0.4, 0.5) is 0 Å². The first-order valence-electron chi connectivity index (χ1n) is 4.90. The van der Waals surface area contributed by atoms with Gasteiger partial charge in [0.2, 0.25) is 0 Å². The molecule has 14 heavy (non-hydrogen) atoms. The van der Waals surface area contributed by atoms with E-state index in [2.05, 4.69) is 0 Å². The van der Waals surface area contributed by atoms with Crippen molar-refractivity contribution in [3.05, 3.63) is 33.8 Å². The van der Waals surface area contributed by atoms with E-state index in [1.54, 1.807) is 0 Å². The van der Waals surface area contributed by atoms with E-state index in [-0.39, 0.29) is 12.6 Å². The van der Waals surface area contributed by atoms with Crippen LogP contribution in [0, 0.1) is 0 Å². The van der Waals surface area contributed by atoms with E-state index in [4.69, 9.17) is 17.3 Å². The van der Waals surface area contributed by atoms with Crippen LogP contribution in [0.1, 0.15) is 35.6 Å². The van der Waals surface area contributed by atoms with Gasteiger partial charge in [0.15, 0.2) is 0 Å². The molecule has 1 aromatic carbocycles.